The second kappa shape index (κ2) is 9.26. The molecule has 1 unspecified atom stereocenters. The maximum atomic E-state index is 12.8. The van der Waals surface area contributed by atoms with E-state index in [1.807, 2.05) is 29.2 Å². The lowest BCUT2D eigenvalue weighted by atomic mass is 10.0. The number of hydrogen-bond donors (Lipinski definition) is 1. The van der Waals surface area contributed by atoms with E-state index < -0.39 is 0 Å². The van der Waals surface area contributed by atoms with Gasteiger partial charge in [-0.1, -0.05) is 35.3 Å². The van der Waals surface area contributed by atoms with Gasteiger partial charge < -0.3 is 15.1 Å². The first-order valence-corrected chi connectivity index (χ1v) is 9.85. The molecule has 1 atom stereocenters. The smallest absolute Gasteiger partial charge is 0.225 e. The van der Waals surface area contributed by atoms with Crippen LogP contribution in [0.25, 0.3) is 0 Å². The molecule has 0 radical (unpaired) electrons. The number of carbonyl (C=O) groups excluding carboxylic acids is 2. The molecule has 1 aliphatic heterocycles. The van der Waals surface area contributed by atoms with Crippen molar-refractivity contribution in [1.82, 2.24) is 15.2 Å². The lowest BCUT2D eigenvalue weighted by Gasteiger charge is -2.36. The summed E-state index contributed by atoms with van der Waals surface area (Å²) in [5.74, 6) is 0.692. The number of pyridine rings is 1. The van der Waals surface area contributed by atoms with Gasteiger partial charge in [-0.2, -0.15) is 0 Å². The molecule has 1 aliphatic rings. The van der Waals surface area contributed by atoms with Gasteiger partial charge >= 0.3 is 0 Å². The fraction of sp³-hybridized carbons (Fsp3) is 0.350. The summed E-state index contributed by atoms with van der Waals surface area (Å²) in [6, 6.07) is 10.5. The van der Waals surface area contributed by atoms with Crippen molar-refractivity contribution in [3.8, 4) is 0 Å². The van der Waals surface area contributed by atoms with Crippen LogP contribution in [0.1, 0.15) is 24.9 Å². The number of anilines is 1. The number of rotatable bonds is 5. The normalized spacial score (nSPS) is 15.2. The predicted molar refractivity (Wildman–Crippen MR) is 111 cm³/mol. The predicted octanol–water partition coefficient (Wildman–Crippen LogP) is 3.30. The lowest BCUT2D eigenvalue weighted by molar-refractivity contribution is -0.132. The summed E-state index contributed by atoms with van der Waals surface area (Å²) < 4.78 is 0. The Labute approximate surface area is 174 Å². The molecule has 1 N–H and O–H groups in total. The number of amides is 2. The highest BCUT2D eigenvalue weighted by Crippen LogP contribution is 2.22. The van der Waals surface area contributed by atoms with Crippen molar-refractivity contribution in [1.29, 1.82) is 0 Å². The van der Waals surface area contributed by atoms with Crippen molar-refractivity contribution >= 4 is 40.8 Å². The topological polar surface area (TPSA) is 65.5 Å². The van der Waals surface area contributed by atoms with Crippen molar-refractivity contribution < 1.29 is 9.59 Å². The Bertz CT molecular complexity index is 819. The van der Waals surface area contributed by atoms with Crippen LogP contribution in [-0.2, 0) is 9.59 Å². The quantitative estimate of drug-likeness (QED) is 0.805. The van der Waals surface area contributed by atoms with Crippen molar-refractivity contribution in [3.05, 3.63) is 58.2 Å². The number of nitrogens with zero attached hydrogens (tertiary/aromatic N) is 3. The minimum Gasteiger partial charge on any atom is -0.353 e. The zero-order valence-electron chi connectivity index (χ0n) is 15.6. The molecule has 1 saturated heterocycles. The third-order valence-electron chi connectivity index (χ3n) is 4.70. The summed E-state index contributed by atoms with van der Waals surface area (Å²) in [5.41, 5.74) is 0.858. The number of halogens is 2. The third kappa shape index (κ3) is 5.36. The van der Waals surface area contributed by atoms with E-state index in [0.29, 0.717) is 36.2 Å². The van der Waals surface area contributed by atoms with E-state index in [2.05, 4.69) is 15.2 Å². The van der Waals surface area contributed by atoms with Crippen LogP contribution in [0.15, 0.2) is 42.6 Å². The molecular weight excluding hydrogens is 399 g/mol. The molecule has 0 bridgehead atoms. The number of piperazine rings is 1. The molecule has 148 valence electrons. The van der Waals surface area contributed by atoms with Crippen LogP contribution >= 0.6 is 23.2 Å². The fourth-order valence-electron chi connectivity index (χ4n) is 3.24. The third-order valence-corrected chi connectivity index (χ3v) is 5.17. The molecule has 6 nitrogen and oxygen atoms in total. The standard InChI is InChI=1S/C20H22Cl2N4O2/c1-14(27)24-18(15-2-4-16(21)5-3-15)12-20(28)26-10-8-25(9-11-26)19-7-6-17(22)13-23-19/h2-7,13,18H,8-12H2,1H3,(H,24,27). The van der Waals surface area contributed by atoms with Gasteiger partial charge in [-0.05, 0) is 29.8 Å². The van der Waals surface area contributed by atoms with Gasteiger partial charge in [0.1, 0.15) is 5.82 Å². The Morgan fingerprint density at radius 3 is 2.25 bits per heavy atom. The van der Waals surface area contributed by atoms with Gasteiger partial charge in [0.2, 0.25) is 11.8 Å². The van der Waals surface area contributed by atoms with Crippen LogP contribution in [0.2, 0.25) is 10.0 Å². The van der Waals surface area contributed by atoms with E-state index in [4.69, 9.17) is 23.2 Å². The average molecular weight is 421 g/mol. The van der Waals surface area contributed by atoms with Crippen LogP contribution in [0.5, 0.6) is 0 Å². The summed E-state index contributed by atoms with van der Waals surface area (Å²) in [4.78, 5) is 32.7. The Balaban J connectivity index is 1.60. The molecule has 2 aromatic rings. The molecule has 3 rings (SSSR count). The van der Waals surface area contributed by atoms with Gasteiger partial charge in [0, 0.05) is 44.3 Å². The molecule has 28 heavy (non-hydrogen) atoms. The highest BCUT2D eigenvalue weighted by molar-refractivity contribution is 6.30. The Hall–Kier alpha value is -2.31. The highest BCUT2D eigenvalue weighted by Gasteiger charge is 2.25. The molecule has 8 heteroatoms. The molecule has 0 aliphatic carbocycles. The molecule has 0 spiro atoms. The van der Waals surface area contributed by atoms with Gasteiger partial charge in [-0.3, -0.25) is 9.59 Å². The minimum absolute atomic E-state index is 0.0115. The second-order valence-corrected chi connectivity index (χ2v) is 7.58. The molecule has 2 amide bonds. The van der Waals surface area contributed by atoms with Crippen molar-refractivity contribution in [3.63, 3.8) is 0 Å². The summed E-state index contributed by atoms with van der Waals surface area (Å²) in [6.45, 7) is 4.07. The molecule has 1 aromatic heterocycles. The first-order chi connectivity index (χ1) is 13.4. The summed E-state index contributed by atoms with van der Waals surface area (Å²) in [6.07, 6.45) is 1.83. The van der Waals surface area contributed by atoms with E-state index >= 15 is 0 Å². The number of nitrogens with one attached hydrogen (secondary N) is 1. The van der Waals surface area contributed by atoms with Crippen molar-refractivity contribution in [2.45, 2.75) is 19.4 Å². The first-order valence-electron chi connectivity index (χ1n) is 9.09. The van der Waals surface area contributed by atoms with Gasteiger partial charge in [0.25, 0.3) is 0 Å². The van der Waals surface area contributed by atoms with Crippen LogP contribution < -0.4 is 10.2 Å². The zero-order chi connectivity index (χ0) is 20.1. The minimum atomic E-state index is -0.377. The number of aromatic nitrogens is 1. The summed E-state index contributed by atoms with van der Waals surface area (Å²) >= 11 is 11.8. The Morgan fingerprint density at radius 1 is 1.04 bits per heavy atom. The van der Waals surface area contributed by atoms with Gasteiger partial charge in [0.15, 0.2) is 0 Å². The summed E-state index contributed by atoms with van der Waals surface area (Å²) in [5, 5.41) is 4.08. The Kier molecular flexibility index (Phi) is 6.75. The Morgan fingerprint density at radius 2 is 1.68 bits per heavy atom. The average Bonchev–Trinajstić information content (AvgIpc) is 2.68. The first kappa shape index (κ1) is 20.4. The molecular formula is C20H22Cl2N4O2. The molecule has 2 heterocycles. The maximum Gasteiger partial charge on any atom is 0.225 e. The zero-order valence-corrected chi connectivity index (χ0v) is 17.1. The van der Waals surface area contributed by atoms with E-state index in [1.54, 1.807) is 18.3 Å². The van der Waals surface area contributed by atoms with E-state index in [1.165, 1.54) is 6.92 Å². The highest BCUT2D eigenvalue weighted by atomic mass is 35.5. The monoisotopic (exact) mass is 420 g/mol. The molecule has 0 saturated carbocycles. The van der Waals surface area contributed by atoms with Crippen LogP contribution in [0, 0.1) is 0 Å². The van der Waals surface area contributed by atoms with Crippen molar-refractivity contribution in [2.75, 3.05) is 31.1 Å². The largest absolute Gasteiger partial charge is 0.353 e. The van der Waals surface area contributed by atoms with Crippen LogP contribution in [0.3, 0.4) is 0 Å². The summed E-state index contributed by atoms with van der Waals surface area (Å²) in [7, 11) is 0. The second-order valence-electron chi connectivity index (χ2n) is 6.71. The fourth-order valence-corrected chi connectivity index (χ4v) is 3.47. The lowest BCUT2D eigenvalue weighted by Crippen LogP contribution is -2.49. The maximum absolute atomic E-state index is 12.8. The number of carbonyl (C=O) groups is 2. The SMILES string of the molecule is CC(=O)NC(CC(=O)N1CCN(c2ccc(Cl)cn2)CC1)c1ccc(Cl)cc1. The van der Waals surface area contributed by atoms with Gasteiger partial charge in [-0.15, -0.1) is 0 Å². The number of benzene rings is 1. The van der Waals surface area contributed by atoms with E-state index in [0.717, 1.165) is 11.4 Å². The number of hydrogen-bond acceptors (Lipinski definition) is 4. The van der Waals surface area contributed by atoms with Crippen LogP contribution in [-0.4, -0.2) is 47.9 Å². The molecule has 1 fully saturated rings. The van der Waals surface area contributed by atoms with Gasteiger partial charge in [0.05, 0.1) is 17.5 Å². The van der Waals surface area contributed by atoms with E-state index in [9.17, 15) is 9.59 Å². The molecule has 1 aromatic carbocycles. The van der Waals surface area contributed by atoms with E-state index in [-0.39, 0.29) is 24.3 Å². The van der Waals surface area contributed by atoms with Crippen molar-refractivity contribution in [2.24, 2.45) is 0 Å². The van der Waals surface area contributed by atoms with Gasteiger partial charge in [-0.25, -0.2) is 4.98 Å². The van der Waals surface area contributed by atoms with Crippen LogP contribution in [0.4, 0.5) is 5.82 Å².